The Hall–Kier alpha value is -3.61. The van der Waals surface area contributed by atoms with Crippen molar-refractivity contribution in [2.45, 2.75) is 26.3 Å². The van der Waals surface area contributed by atoms with Gasteiger partial charge in [-0.2, -0.15) is 4.68 Å². The Kier molecular flexibility index (Phi) is 7.24. The van der Waals surface area contributed by atoms with E-state index in [1.54, 1.807) is 23.1 Å². The first-order valence-corrected chi connectivity index (χ1v) is 11.2. The van der Waals surface area contributed by atoms with E-state index in [-0.39, 0.29) is 17.9 Å². The highest BCUT2D eigenvalue weighted by Crippen LogP contribution is 2.25. The third-order valence-corrected chi connectivity index (χ3v) is 5.29. The monoisotopic (exact) mass is 493 g/mol. The second-order valence-electron chi connectivity index (χ2n) is 8.27. The summed E-state index contributed by atoms with van der Waals surface area (Å²) in [6, 6.07) is 8.97. The average molecular weight is 493 g/mol. The molecule has 3 heterocycles. The van der Waals surface area contributed by atoms with Gasteiger partial charge in [0.2, 0.25) is 0 Å². The minimum absolute atomic E-state index is 0.141. The van der Waals surface area contributed by atoms with Crippen LogP contribution in [0.15, 0.2) is 36.4 Å². The minimum Gasteiger partial charge on any atom is -0.447 e. The van der Waals surface area contributed by atoms with Crippen LogP contribution in [0.5, 0.6) is 5.75 Å². The Morgan fingerprint density at radius 1 is 1.14 bits per heavy atom. The Morgan fingerprint density at radius 3 is 2.63 bits per heavy atom. The fourth-order valence-electron chi connectivity index (χ4n) is 3.67. The summed E-state index contributed by atoms with van der Waals surface area (Å²) in [5, 5.41) is 11.3. The van der Waals surface area contributed by atoms with Gasteiger partial charge in [0.25, 0.3) is 0 Å². The van der Waals surface area contributed by atoms with Crippen molar-refractivity contribution < 1.29 is 27.4 Å². The first-order valence-electron chi connectivity index (χ1n) is 11.2. The number of halogens is 3. The van der Waals surface area contributed by atoms with Gasteiger partial charge in [-0.05, 0) is 38.1 Å². The minimum atomic E-state index is -4.79. The SMILES string of the molecule is CC(C)OC(=O)N1CCN(CCNc2ccc3nnn(-c4cccc(OC(F)(F)F)c4)c3n2)CC1. The van der Waals surface area contributed by atoms with Crippen LogP contribution in [-0.2, 0) is 4.74 Å². The molecule has 13 heteroatoms. The second kappa shape index (κ2) is 10.3. The lowest BCUT2D eigenvalue weighted by Crippen LogP contribution is -2.50. The van der Waals surface area contributed by atoms with Crippen LogP contribution in [0.1, 0.15) is 13.8 Å². The molecule has 0 unspecified atom stereocenters. The van der Waals surface area contributed by atoms with E-state index in [0.717, 1.165) is 19.6 Å². The van der Waals surface area contributed by atoms with Gasteiger partial charge in [0, 0.05) is 45.3 Å². The molecule has 188 valence electrons. The number of piperazine rings is 1. The molecule has 1 fully saturated rings. The van der Waals surface area contributed by atoms with Gasteiger partial charge in [-0.15, -0.1) is 18.3 Å². The Bertz CT molecular complexity index is 1160. The van der Waals surface area contributed by atoms with E-state index in [4.69, 9.17) is 4.74 Å². The van der Waals surface area contributed by atoms with E-state index in [1.807, 2.05) is 13.8 Å². The molecule has 3 aromatic rings. The predicted octanol–water partition coefficient (Wildman–Crippen LogP) is 3.29. The molecule has 0 aliphatic carbocycles. The molecule has 1 saturated heterocycles. The molecule has 0 spiro atoms. The number of hydrogen-bond acceptors (Lipinski definition) is 8. The largest absolute Gasteiger partial charge is 0.573 e. The van der Waals surface area contributed by atoms with Crippen molar-refractivity contribution in [1.29, 1.82) is 0 Å². The maximum Gasteiger partial charge on any atom is 0.573 e. The highest BCUT2D eigenvalue weighted by molar-refractivity contribution is 5.74. The van der Waals surface area contributed by atoms with E-state index in [0.29, 0.717) is 42.3 Å². The molecule has 0 atom stereocenters. The summed E-state index contributed by atoms with van der Waals surface area (Å²) in [7, 11) is 0. The average Bonchev–Trinajstić information content (AvgIpc) is 3.21. The summed E-state index contributed by atoms with van der Waals surface area (Å²) < 4.78 is 48.3. The van der Waals surface area contributed by atoms with Gasteiger partial charge in [0.05, 0.1) is 11.8 Å². The second-order valence-corrected chi connectivity index (χ2v) is 8.27. The lowest BCUT2D eigenvalue weighted by atomic mass is 10.3. The van der Waals surface area contributed by atoms with Crippen molar-refractivity contribution in [3.8, 4) is 11.4 Å². The van der Waals surface area contributed by atoms with Gasteiger partial charge in [-0.3, -0.25) is 4.90 Å². The number of nitrogens with one attached hydrogen (secondary N) is 1. The number of amides is 1. The number of benzene rings is 1. The van der Waals surface area contributed by atoms with Crippen molar-refractivity contribution in [2.75, 3.05) is 44.6 Å². The number of alkyl halides is 3. The normalized spacial score (nSPS) is 15.0. The van der Waals surface area contributed by atoms with Crippen LogP contribution < -0.4 is 10.1 Å². The number of anilines is 1. The third-order valence-electron chi connectivity index (χ3n) is 5.29. The maximum absolute atomic E-state index is 12.6. The lowest BCUT2D eigenvalue weighted by molar-refractivity contribution is -0.274. The number of pyridine rings is 1. The maximum atomic E-state index is 12.6. The fourth-order valence-corrected chi connectivity index (χ4v) is 3.67. The van der Waals surface area contributed by atoms with Gasteiger partial charge in [0.15, 0.2) is 5.65 Å². The number of aromatic nitrogens is 4. The van der Waals surface area contributed by atoms with Crippen molar-refractivity contribution in [3.05, 3.63) is 36.4 Å². The smallest absolute Gasteiger partial charge is 0.447 e. The molecule has 1 N–H and O–H groups in total. The molecular formula is C22H26F3N7O3. The number of ether oxygens (including phenoxy) is 2. The Morgan fingerprint density at radius 2 is 1.91 bits per heavy atom. The third kappa shape index (κ3) is 6.50. The van der Waals surface area contributed by atoms with Crippen LogP contribution in [-0.4, -0.2) is 87.6 Å². The highest BCUT2D eigenvalue weighted by Gasteiger charge is 2.31. The van der Waals surface area contributed by atoms with Crippen LogP contribution in [0.3, 0.4) is 0 Å². The summed E-state index contributed by atoms with van der Waals surface area (Å²) in [5.41, 5.74) is 1.24. The molecule has 0 bridgehead atoms. The zero-order valence-electron chi connectivity index (χ0n) is 19.3. The molecule has 1 aromatic carbocycles. The fraction of sp³-hybridized carbons (Fsp3) is 0.455. The van der Waals surface area contributed by atoms with Gasteiger partial charge < -0.3 is 19.7 Å². The topological polar surface area (TPSA) is 97.6 Å². The zero-order chi connectivity index (χ0) is 25.0. The van der Waals surface area contributed by atoms with E-state index >= 15 is 0 Å². The molecule has 2 aromatic heterocycles. The number of hydrogen-bond donors (Lipinski definition) is 1. The summed E-state index contributed by atoms with van der Waals surface area (Å²) in [5.74, 6) is 0.230. The van der Waals surface area contributed by atoms with Crippen molar-refractivity contribution in [2.24, 2.45) is 0 Å². The number of carbonyl (C=O) groups is 1. The molecule has 4 rings (SSSR count). The Balaban J connectivity index is 1.35. The summed E-state index contributed by atoms with van der Waals surface area (Å²) >= 11 is 0. The molecule has 1 amide bonds. The van der Waals surface area contributed by atoms with Gasteiger partial charge in [-0.25, -0.2) is 9.78 Å². The van der Waals surface area contributed by atoms with Gasteiger partial charge >= 0.3 is 12.5 Å². The van der Waals surface area contributed by atoms with Crippen LogP contribution >= 0.6 is 0 Å². The van der Waals surface area contributed by atoms with E-state index < -0.39 is 6.36 Å². The molecule has 1 aliphatic rings. The van der Waals surface area contributed by atoms with Gasteiger partial charge in [0.1, 0.15) is 17.1 Å². The molecule has 0 radical (unpaired) electrons. The first-order chi connectivity index (χ1) is 16.7. The summed E-state index contributed by atoms with van der Waals surface area (Å²) in [6.45, 7) is 7.73. The van der Waals surface area contributed by atoms with E-state index in [2.05, 4.69) is 30.2 Å². The lowest BCUT2D eigenvalue weighted by Gasteiger charge is -2.34. The van der Waals surface area contributed by atoms with Crippen molar-refractivity contribution >= 4 is 23.1 Å². The van der Waals surface area contributed by atoms with Crippen molar-refractivity contribution in [1.82, 2.24) is 29.8 Å². The van der Waals surface area contributed by atoms with Gasteiger partial charge in [-0.1, -0.05) is 11.3 Å². The van der Waals surface area contributed by atoms with E-state index in [9.17, 15) is 18.0 Å². The Labute approximate surface area is 199 Å². The number of fused-ring (bicyclic) bond motifs is 1. The number of rotatable bonds is 7. The zero-order valence-corrected chi connectivity index (χ0v) is 19.3. The molecule has 10 nitrogen and oxygen atoms in total. The molecule has 35 heavy (non-hydrogen) atoms. The molecule has 1 aliphatic heterocycles. The van der Waals surface area contributed by atoms with Crippen LogP contribution in [0.25, 0.3) is 16.9 Å². The summed E-state index contributed by atoms with van der Waals surface area (Å²) in [4.78, 5) is 20.5. The number of carbonyl (C=O) groups excluding carboxylic acids is 1. The highest BCUT2D eigenvalue weighted by atomic mass is 19.4. The molecule has 0 saturated carbocycles. The van der Waals surface area contributed by atoms with Crippen molar-refractivity contribution in [3.63, 3.8) is 0 Å². The standard InChI is InChI=1S/C22H26F3N7O3/c1-15(2)34-21(33)31-12-10-30(11-13-31)9-8-26-19-7-6-18-20(27-19)32(29-28-18)16-4-3-5-17(14-16)35-22(23,24)25/h3-7,14-15H,8-13H2,1-2H3,(H,26,27). The first kappa shape index (κ1) is 24.5. The number of nitrogens with zero attached hydrogens (tertiary/aromatic N) is 6. The predicted molar refractivity (Wildman–Crippen MR) is 121 cm³/mol. The van der Waals surface area contributed by atoms with Crippen LogP contribution in [0.4, 0.5) is 23.8 Å². The molecular weight excluding hydrogens is 467 g/mol. The summed E-state index contributed by atoms with van der Waals surface area (Å²) in [6.07, 6.45) is -5.21. The van der Waals surface area contributed by atoms with Crippen LogP contribution in [0, 0.1) is 0 Å². The quantitative estimate of drug-likeness (QED) is 0.536. The van der Waals surface area contributed by atoms with Crippen LogP contribution in [0.2, 0.25) is 0 Å². The van der Waals surface area contributed by atoms with E-state index in [1.165, 1.54) is 22.9 Å².